The van der Waals surface area contributed by atoms with Gasteiger partial charge in [-0.1, -0.05) is 6.07 Å². The molecule has 0 saturated carbocycles. The van der Waals surface area contributed by atoms with Crippen LogP contribution < -0.4 is 10.2 Å². The highest BCUT2D eigenvalue weighted by Gasteiger charge is 2.24. The molecule has 1 fully saturated rings. The number of fused-ring (bicyclic) bond motifs is 1. The van der Waals surface area contributed by atoms with Crippen LogP contribution >= 0.6 is 0 Å². The zero-order chi connectivity index (χ0) is 22.1. The lowest BCUT2D eigenvalue weighted by molar-refractivity contribution is 0.340. The molecule has 0 atom stereocenters. The Bertz CT molecular complexity index is 1240. The molecular weight excluding hydrogens is 405 g/mol. The van der Waals surface area contributed by atoms with Crippen molar-refractivity contribution >= 4 is 17.6 Å². The van der Waals surface area contributed by atoms with Crippen molar-refractivity contribution in [3.05, 3.63) is 89.4 Å². The number of halogens is 1. The molecule has 7 heteroatoms. The Morgan fingerprint density at radius 3 is 2.75 bits per heavy atom. The first-order valence-corrected chi connectivity index (χ1v) is 10.6. The number of hydrazine groups is 1. The smallest absolute Gasteiger partial charge is 0.150 e. The second-order valence-corrected chi connectivity index (χ2v) is 7.89. The molecular formula is C25H24FN5O. The predicted octanol–water partition coefficient (Wildman–Crippen LogP) is 4.72. The van der Waals surface area contributed by atoms with Gasteiger partial charge in [0.05, 0.1) is 36.7 Å². The number of amidine groups is 1. The van der Waals surface area contributed by atoms with Gasteiger partial charge in [-0.15, -0.1) is 0 Å². The first-order valence-electron chi connectivity index (χ1n) is 10.6. The van der Waals surface area contributed by atoms with Crippen LogP contribution in [0.15, 0.2) is 71.8 Å². The summed E-state index contributed by atoms with van der Waals surface area (Å²) < 4.78 is 20.9. The molecule has 162 valence electrons. The molecule has 2 aromatic carbocycles. The van der Waals surface area contributed by atoms with Crippen LogP contribution in [0.2, 0.25) is 0 Å². The molecule has 2 aliphatic rings. The van der Waals surface area contributed by atoms with Gasteiger partial charge < -0.3 is 9.30 Å². The van der Waals surface area contributed by atoms with Crippen LogP contribution in [0.3, 0.4) is 0 Å². The number of methoxy groups -OCH3 is 1. The number of hydrogen-bond donors (Lipinski definition) is 1. The molecule has 3 aromatic rings. The lowest BCUT2D eigenvalue weighted by Gasteiger charge is -2.35. The summed E-state index contributed by atoms with van der Waals surface area (Å²) in [5.41, 5.74) is 9.30. The van der Waals surface area contributed by atoms with Crippen LogP contribution in [0.1, 0.15) is 29.7 Å². The molecule has 1 saturated heterocycles. The fraction of sp³-hybridized carbons (Fsp3) is 0.200. The number of rotatable bonds is 4. The average Bonchev–Trinajstić information content (AvgIpc) is 3.25. The summed E-state index contributed by atoms with van der Waals surface area (Å²) >= 11 is 0. The van der Waals surface area contributed by atoms with Crippen molar-refractivity contribution in [1.29, 1.82) is 0 Å². The van der Waals surface area contributed by atoms with E-state index in [4.69, 9.17) is 9.73 Å². The number of ether oxygens (including phenoxy) is 1. The van der Waals surface area contributed by atoms with E-state index >= 15 is 0 Å². The van der Waals surface area contributed by atoms with Gasteiger partial charge >= 0.3 is 0 Å². The molecule has 1 N–H and O–H groups in total. The van der Waals surface area contributed by atoms with E-state index in [9.17, 15) is 4.39 Å². The first kappa shape index (κ1) is 20.1. The highest BCUT2D eigenvalue weighted by atomic mass is 19.1. The Morgan fingerprint density at radius 1 is 1.16 bits per heavy atom. The molecule has 2 aliphatic heterocycles. The number of benzene rings is 2. The van der Waals surface area contributed by atoms with Crippen molar-refractivity contribution in [2.45, 2.75) is 19.8 Å². The first-order chi connectivity index (χ1) is 15.6. The summed E-state index contributed by atoms with van der Waals surface area (Å²) in [5.74, 6) is 1.45. The van der Waals surface area contributed by atoms with E-state index in [0.29, 0.717) is 0 Å². The summed E-state index contributed by atoms with van der Waals surface area (Å²) in [6, 6.07) is 12.6. The van der Waals surface area contributed by atoms with Gasteiger partial charge in [0.1, 0.15) is 17.4 Å². The molecule has 5 rings (SSSR count). The van der Waals surface area contributed by atoms with E-state index in [1.54, 1.807) is 25.6 Å². The Balaban J connectivity index is 1.45. The summed E-state index contributed by atoms with van der Waals surface area (Å²) in [7, 11) is 1.68. The van der Waals surface area contributed by atoms with Gasteiger partial charge in [-0.05, 0) is 73.4 Å². The number of hydrogen-bond acceptors (Lipinski definition) is 5. The van der Waals surface area contributed by atoms with Crippen molar-refractivity contribution in [3.63, 3.8) is 0 Å². The largest absolute Gasteiger partial charge is 0.495 e. The maximum Gasteiger partial charge on any atom is 0.150 e. The van der Waals surface area contributed by atoms with Crippen LogP contribution in [0.5, 0.6) is 5.75 Å². The van der Waals surface area contributed by atoms with Gasteiger partial charge in [-0.2, -0.15) is 0 Å². The number of nitrogens with one attached hydrogen (secondary N) is 1. The summed E-state index contributed by atoms with van der Waals surface area (Å²) in [4.78, 5) is 9.04. The molecule has 0 unspecified atom stereocenters. The van der Waals surface area contributed by atoms with E-state index in [-0.39, 0.29) is 5.82 Å². The molecule has 0 amide bonds. The van der Waals surface area contributed by atoms with E-state index in [1.807, 2.05) is 36.0 Å². The summed E-state index contributed by atoms with van der Waals surface area (Å²) in [5, 5.41) is 2.06. The summed E-state index contributed by atoms with van der Waals surface area (Å²) in [6.07, 6.45) is 9.69. The summed E-state index contributed by atoms with van der Waals surface area (Å²) in [6.45, 7) is 2.82. The lowest BCUT2D eigenvalue weighted by Crippen LogP contribution is -2.47. The van der Waals surface area contributed by atoms with Crippen LogP contribution in [-0.4, -0.2) is 34.1 Å². The molecule has 3 heterocycles. The Kier molecular flexibility index (Phi) is 5.23. The number of aromatic nitrogens is 2. The topological polar surface area (TPSA) is 54.7 Å². The van der Waals surface area contributed by atoms with Gasteiger partial charge in [-0.3, -0.25) is 10.4 Å². The van der Waals surface area contributed by atoms with Crippen LogP contribution in [0.25, 0.3) is 17.5 Å². The third-order valence-electron chi connectivity index (χ3n) is 5.63. The fourth-order valence-electron chi connectivity index (χ4n) is 4.04. The van der Waals surface area contributed by atoms with Crippen molar-refractivity contribution in [2.75, 3.05) is 13.7 Å². The molecule has 0 aliphatic carbocycles. The van der Waals surface area contributed by atoms with E-state index < -0.39 is 0 Å². The van der Waals surface area contributed by atoms with E-state index in [2.05, 4.69) is 27.6 Å². The molecule has 0 radical (unpaired) electrons. The zero-order valence-corrected chi connectivity index (χ0v) is 18.0. The SMILES string of the molecule is COc1cc(/C=C2\CCCN3NC(c4ccc(F)cc4)=CN=C23)ccc1-n1cnc(C)c1. The average molecular weight is 429 g/mol. The minimum absolute atomic E-state index is 0.248. The standard InChI is InChI=1S/C25H24FN5O/c1-17-15-30(16-28-17)23-10-5-18(13-24(23)32-2)12-20-4-3-11-31-25(20)27-14-22(29-31)19-6-8-21(26)9-7-19/h5-10,12-16,29H,3-4,11H2,1-2H3/b20-12+. The number of nitrogens with zero attached hydrogens (tertiary/aromatic N) is 4. The maximum absolute atomic E-state index is 13.3. The van der Waals surface area contributed by atoms with Crippen LogP contribution in [0.4, 0.5) is 4.39 Å². The highest BCUT2D eigenvalue weighted by molar-refractivity contribution is 6.04. The minimum Gasteiger partial charge on any atom is -0.495 e. The Hall–Kier alpha value is -3.87. The second-order valence-electron chi connectivity index (χ2n) is 7.89. The van der Waals surface area contributed by atoms with E-state index in [1.165, 1.54) is 12.1 Å². The molecule has 6 nitrogen and oxygen atoms in total. The normalized spacial score (nSPS) is 16.8. The third kappa shape index (κ3) is 3.89. The monoisotopic (exact) mass is 429 g/mol. The van der Waals surface area contributed by atoms with Crippen molar-refractivity contribution in [3.8, 4) is 11.4 Å². The van der Waals surface area contributed by atoms with Gasteiger partial charge in [0.2, 0.25) is 0 Å². The van der Waals surface area contributed by atoms with Crippen molar-refractivity contribution < 1.29 is 9.13 Å². The zero-order valence-electron chi connectivity index (χ0n) is 18.0. The molecule has 0 spiro atoms. The predicted molar refractivity (Wildman–Crippen MR) is 124 cm³/mol. The number of aliphatic imine (C=N–C) groups is 1. The number of piperidine rings is 1. The molecule has 1 aromatic heterocycles. The number of aryl methyl sites for hydroxylation is 1. The van der Waals surface area contributed by atoms with Crippen LogP contribution in [0, 0.1) is 12.7 Å². The Morgan fingerprint density at radius 2 is 2.00 bits per heavy atom. The van der Waals surface area contributed by atoms with E-state index in [0.717, 1.165) is 64.7 Å². The lowest BCUT2D eigenvalue weighted by atomic mass is 10.0. The quantitative estimate of drug-likeness (QED) is 0.652. The van der Waals surface area contributed by atoms with Gasteiger partial charge in [-0.25, -0.2) is 14.4 Å². The van der Waals surface area contributed by atoms with Gasteiger partial charge in [0.15, 0.2) is 0 Å². The van der Waals surface area contributed by atoms with Gasteiger partial charge in [0.25, 0.3) is 0 Å². The molecule has 32 heavy (non-hydrogen) atoms. The van der Waals surface area contributed by atoms with Crippen molar-refractivity contribution in [2.24, 2.45) is 4.99 Å². The van der Waals surface area contributed by atoms with Crippen molar-refractivity contribution in [1.82, 2.24) is 20.0 Å². The Labute approximate surface area is 186 Å². The molecule has 0 bridgehead atoms. The number of imidazole rings is 1. The third-order valence-corrected chi connectivity index (χ3v) is 5.63. The minimum atomic E-state index is -0.248. The van der Waals surface area contributed by atoms with Crippen LogP contribution in [-0.2, 0) is 0 Å². The second kappa shape index (κ2) is 8.34. The van der Waals surface area contributed by atoms with Gasteiger partial charge in [0, 0.05) is 18.3 Å². The highest BCUT2D eigenvalue weighted by Crippen LogP contribution is 2.29. The maximum atomic E-state index is 13.3. The fourth-order valence-corrected chi connectivity index (χ4v) is 4.04.